The van der Waals surface area contributed by atoms with Gasteiger partial charge >= 0.3 is 0 Å². The number of carbonyl (C=O) groups is 1. The van der Waals surface area contributed by atoms with Gasteiger partial charge in [0.05, 0.1) is 38.3 Å². The Morgan fingerprint density at radius 1 is 0.972 bits per heavy atom. The van der Waals surface area contributed by atoms with Crippen molar-refractivity contribution in [1.82, 2.24) is 19.1 Å². The number of amidine groups is 1. The minimum absolute atomic E-state index is 0.0769. The summed E-state index contributed by atoms with van der Waals surface area (Å²) in [5, 5.41) is 1.34. The number of aromatic amines is 1. The van der Waals surface area contributed by atoms with Crippen molar-refractivity contribution in [2.75, 3.05) is 45.8 Å². The lowest BCUT2D eigenvalue weighted by molar-refractivity contribution is -0.587. The van der Waals surface area contributed by atoms with E-state index >= 15 is 0 Å². The van der Waals surface area contributed by atoms with Crippen LogP contribution in [0.2, 0.25) is 5.02 Å². The normalized spacial score (nSPS) is 18.9. The molecule has 4 heterocycles. The highest BCUT2D eigenvalue weighted by atomic mass is 35.5. The molecule has 3 saturated heterocycles. The summed E-state index contributed by atoms with van der Waals surface area (Å²) >= 11 is 6.03. The van der Waals surface area contributed by atoms with E-state index in [1.54, 1.807) is 29.2 Å². The van der Waals surface area contributed by atoms with Crippen LogP contribution in [-0.2, 0) is 21.4 Å². The topological polar surface area (TPSA) is 79.7 Å². The predicted octanol–water partition coefficient (Wildman–Crippen LogP) is 2.72. The number of piperazine rings is 1. The molecule has 2 aromatic carbocycles. The van der Waals surface area contributed by atoms with Crippen molar-refractivity contribution in [1.29, 1.82) is 0 Å². The van der Waals surface area contributed by atoms with Crippen LogP contribution in [0.4, 0.5) is 0 Å². The van der Waals surface area contributed by atoms with Gasteiger partial charge in [-0.15, -0.1) is 0 Å². The van der Waals surface area contributed by atoms with E-state index in [4.69, 9.17) is 11.6 Å². The molecule has 1 aromatic heterocycles. The lowest BCUT2D eigenvalue weighted by Crippen LogP contribution is -2.51. The Kier molecular flexibility index (Phi) is 6.02. The first kappa shape index (κ1) is 23.5. The fourth-order valence-electron chi connectivity index (χ4n) is 5.02. The number of amides is 1. The van der Waals surface area contributed by atoms with Crippen molar-refractivity contribution in [3.63, 3.8) is 0 Å². The third-order valence-electron chi connectivity index (χ3n) is 7.36. The third-order valence-corrected chi connectivity index (χ3v) is 9.36. The number of rotatable bonds is 5. The van der Waals surface area contributed by atoms with E-state index in [0.29, 0.717) is 23.6 Å². The Bertz CT molecular complexity index is 1450. The molecular formula is C26H29ClN5O3S+. The number of hydrogen-bond acceptors (Lipinski definition) is 3. The molecule has 1 N–H and O–H groups in total. The number of nitrogens with one attached hydrogen (secondary N) is 1. The van der Waals surface area contributed by atoms with E-state index in [2.05, 4.69) is 38.7 Å². The molecule has 1 amide bonds. The third kappa shape index (κ3) is 4.29. The fraction of sp³-hybridized carbons (Fsp3) is 0.385. The fourth-order valence-corrected chi connectivity index (χ4v) is 6.59. The van der Waals surface area contributed by atoms with E-state index in [0.717, 1.165) is 37.1 Å². The van der Waals surface area contributed by atoms with Crippen LogP contribution >= 0.6 is 11.6 Å². The molecule has 188 valence electrons. The van der Waals surface area contributed by atoms with Gasteiger partial charge in [-0.25, -0.2) is 8.42 Å². The molecule has 0 bridgehead atoms. The average Bonchev–Trinajstić information content (AvgIpc) is 3.22. The van der Waals surface area contributed by atoms with Gasteiger partial charge in [0.1, 0.15) is 5.03 Å². The Labute approximate surface area is 215 Å². The van der Waals surface area contributed by atoms with Crippen LogP contribution in [0.15, 0.2) is 53.6 Å². The number of sulfonamides is 1. The molecule has 0 atom stereocenters. The smallest absolute Gasteiger partial charge is 0.279 e. The number of halogens is 1. The van der Waals surface area contributed by atoms with Crippen molar-refractivity contribution < 1.29 is 17.8 Å². The van der Waals surface area contributed by atoms with Crippen molar-refractivity contribution in [3.8, 4) is 0 Å². The van der Waals surface area contributed by atoms with Crippen molar-refractivity contribution >= 4 is 44.3 Å². The molecular weight excluding hydrogens is 498 g/mol. The lowest BCUT2D eigenvalue weighted by Gasteiger charge is -2.33. The summed E-state index contributed by atoms with van der Waals surface area (Å²) in [4.78, 5) is 20.1. The molecule has 0 saturated carbocycles. The lowest BCUT2D eigenvalue weighted by atomic mass is 10.1. The number of carbonyl (C=O) groups excluding carboxylic acids is 1. The zero-order valence-corrected chi connectivity index (χ0v) is 21.6. The average molecular weight is 527 g/mol. The van der Waals surface area contributed by atoms with Gasteiger partial charge in [0.15, 0.2) is 0 Å². The van der Waals surface area contributed by atoms with Crippen LogP contribution < -0.4 is 0 Å². The largest absolute Gasteiger partial charge is 0.345 e. The Balaban J connectivity index is 1.13. The summed E-state index contributed by atoms with van der Waals surface area (Å²) in [7, 11) is -3.82. The number of hydrogen-bond donors (Lipinski definition) is 1. The minimum atomic E-state index is -3.82. The van der Waals surface area contributed by atoms with Gasteiger partial charge in [0.25, 0.3) is 15.9 Å². The number of benzene rings is 2. The second kappa shape index (κ2) is 9.21. The first-order chi connectivity index (χ1) is 17.4. The molecule has 3 fully saturated rings. The predicted molar refractivity (Wildman–Crippen MR) is 139 cm³/mol. The van der Waals surface area contributed by atoms with Gasteiger partial charge < -0.3 is 9.88 Å². The summed E-state index contributed by atoms with van der Waals surface area (Å²) < 4.78 is 30.1. The molecule has 8 nitrogen and oxygen atoms in total. The summed E-state index contributed by atoms with van der Waals surface area (Å²) in [6.07, 6.45) is 2.49. The van der Waals surface area contributed by atoms with Gasteiger partial charge in [-0.2, -0.15) is 4.31 Å². The van der Waals surface area contributed by atoms with Crippen LogP contribution in [0.5, 0.6) is 0 Å². The molecule has 0 unspecified atom stereocenters. The van der Waals surface area contributed by atoms with Gasteiger partial charge in [-0.3, -0.25) is 14.3 Å². The molecule has 3 aliphatic rings. The second-order valence-corrected chi connectivity index (χ2v) is 12.1. The summed E-state index contributed by atoms with van der Waals surface area (Å²) in [6, 6.07) is 15.2. The summed E-state index contributed by atoms with van der Waals surface area (Å²) in [5.41, 5.74) is 2.96. The van der Waals surface area contributed by atoms with E-state index in [1.165, 1.54) is 28.5 Å². The van der Waals surface area contributed by atoms with Crippen LogP contribution in [-0.4, -0.2) is 89.6 Å². The standard InChI is InChI=1S/C26H29ClN5O3S/c27-22-7-8-23-21(15-22)16-24(28-23)36(34,35)32-14-13-31(25(33)18-32)17-19-3-5-20(6-4-19)26(29-9-1-10-29)30-11-2-12-30/h3-8,15-16,28H,1-2,9-14,17-18H2/q+1. The molecule has 10 heteroatoms. The Hall–Kier alpha value is -2.88. The molecule has 0 radical (unpaired) electrons. The summed E-state index contributed by atoms with van der Waals surface area (Å²) in [5.74, 6) is 1.13. The van der Waals surface area contributed by atoms with Crippen LogP contribution in [0.1, 0.15) is 24.0 Å². The molecule has 3 aromatic rings. The zero-order valence-electron chi connectivity index (χ0n) is 20.0. The quantitative estimate of drug-likeness (QED) is 0.409. The van der Waals surface area contributed by atoms with Crippen LogP contribution in [0, 0.1) is 0 Å². The monoisotopic (exact) mass is 526 g/mol. The highest BCUT2D eigenvalue weighted by Gasteiger charge is 2.35. The van der Waals surface area contributed by atoms with Crippen molar-refractivity contribution in [3.05, 3.63) is 64.7 Å². The molecule has 36 heavy (non-hydrogen) atoms. The number of aromatic nitrogens is 1. The van der Waals surface area contributed by atoms with Gasteiger partial charge in [0.2, 0.25) is 5.91 Å². The zero-order chi connectivity index (χ0) is 24.9. The SMILES string of the molecule is O=C1CN(S(=O)(=O)c2cc3cc(Cl)ccc3[nH]2)CCN1Cc1ccc(C(N2CCC2)=[N+]2CCC2)cc1. The number of nitrogens with zero attached hydrogens (tertiary/aromatic N) is 4. The van der Waals surface area contributed by atoms with E-state index < -0.39 is 10.0 Å². The first-order valence-electron chi connectivity index (χ1n) is 12.4. The maximum atomic E-state index is 13.2. The summed E-state index contributed by atoms with van der Waals surface area (Å²) in [6.45, 7) is 5.36. The van der Waals surface area contributed by atoms with E-state index in [-0.39, 0.29) is 24.0 Å². The molecule has 0 spiro atoms. The highest BCUT2D eigenvalue weighted by Crippen LogP contribution is 2.25. The Morgan fingerprint density at radius 3 is 2.39 bits per heavy atom. The van der Waals surface area contributed by atoms with Crippen LogP contribution in [0.25, 0.3) is 10.9 Å². The maximum absolute atomic E-state index is 13.2. The molecule has 0 aliphatic carbocycles. The highest BCUT2D eigenvalue weighted by molar-refractivity contribution is 7.89. The Morgan fingerprint density at radius 2 is 1.75 bits per heavy atom. The van der Waals surface area contributed by atoms with Crippen LogP contribution in [0.3, 0.4) is 0 Å². The van der Waals surface area contributed by atoms with E-state index in [9.17, 15) is 13.2 Å². The molecule has 6 rings (SSSR count). The number of H-pyrrole nitrogens is 1. The maximum Gasteiger partial charge on any atom is 0.279 e. The van der Waals surface area contributed by atoms with Crippen molar-refractivity contribution in [2.45, 2.75) is 24.4 Å². The minimum Gasteiger partial charge on any atom is -0.345 e. The van der Waals surface area contributed by atoms with Crippen molar-refractivity contribution in [2.24, 2.45) is 0 Å². The van der Waals surface area contributed by atoms with Gasteiger partial charge in [-0.05, 0) is 42.0 Å². The van der Waals surface area contributed by atoms with Gasteiger partial charge in [0, 0.05) is 48.4 Å². The van der Waals surface area contributed by atoms with E-state index in [1.807, 2.05) is 0 Å². The second-order valence-electron chi connectivity index (χ2n) is 9.72. The number of fused-ring (bicyclic) bond motifs is 1. The van der Waals surface area contributed by atoms with Gasteiger partial charge in [-0.1, -0.05) is 23.7 Å². The molecule has 3 aliphatic heterocycles. The first-order valence-corrected chi connectivity index (χ1v) is 14.2. The number of likely N-dealkylation sites (tertiary alicyclic amines) is 1.